The summed E-state index contributed by atoms with van der Waals surface area (Å²) >= 11 is 3.41. The van der Waals surface area contributed by atoms with Gasteiger partial charge in [0.05, 0.1) is 31.7 Å². The van der Waals surface area contributed by atoms with Crippen LogP contribution in [0.3, 0.4) is 0 Å². The Hall–Kier alpha value is -2.70. The Morgan fingerprint density at radius 3 is 2.33 bits per heavy atom. The molecule has 1 fully saturated rings. The second-order valence-electron chi connectivity index (χ2n) is 7.49. The molecule has 4 nitrogen and oxygen atoms in total. The van der Waals surface area contributed by atoms with Gasteiger partial charge in [-0.2, -0.15) is 0 Å². The molecule has 2 N–H and O–H groups in total. The Balaban J connectivity index is 1.32. The maximum absolute atomic E-state index is 13.9. The lowest BCUT2D eigenvalue weighted by molar-refractivity contribution is -0.914. The highest BCUT2D eigenvalue weighted by Crippen LogP contribution is 2.21. The van der Waals surface area contributed by atoms with Crippen LogP contribution in [0, 0.1) is 5.82 Å². The quantitative estimate of drug-likeness (QED) is 0.598. The van der Waals surface area contributed by atoms with Crippen LogP contribution >= 0.6 is 15.9 Å². The fourth-order valence-electron chi connectivity index (χ4n) is 3.77. The van der Waals surface area contributed by atoms with E-state index < -0.39 is 0 Å². The first-order valence-electron chi connectivity index (χ1n) is 10.1. The lowest BCUT2D eigenvalue weighted by Crippen LogP contribution is -3.13. The van der Waals surface area contributed by atoms with Gasteiger partial charge in [0.15, 0.2) is 0 Å². The van der Waals surface area contributed by atoms with Crippen molar-refractivity contribution in [3.63, 3.8) is 0 Å². The molecule has 0 saturated carbocycles. The minimum Gasteiger partial charge on any atom is -0.360 e. The molecular weight excluding hydrogens is 445 g/mol. The van der Waals surface area contributed by atoms with Crippen LogP contribution in [0.15, 0.2) is 77.3 Å². The summed E-state index contributed by atoms with van der Waals surface area (Å²) in [4.78, 5) is 16.2. The van der Waals surface area contributed by atoms with Gasteiger partial charge in [0.25, 0.3) is 5.91 Å². The van der Waals surface area contributed by atoms with Crippen molar-refractivity contribution in [3.8, 4) is 0 Å². The van der Waals surface area contributed by atoms with Crippen LogP contribution in [-0.2, 0) is 6.54 Å². The van der Waals surface area contributed by atoms with Crippen LogP contribution in [-0.4, -0.2) is 32.1 Å². The second kappa shape index (κ2) is 9.41. The molecule has 0 aromatic heterocycles. The molecule has 30 heavy (non-hydrogen) atoms. The standard InChI is InChI=1S/C24H23BrFN3O/c25-22-7-3-2-6-21(22)24(30)27-19-9-11-20(12-10-19)29-15-13-28(14-16-29)17-18-5-1-4-8-23(18)26/h1-12H,13-17H2,(H,27,30)/p+1. The fraction of sp³-hybridized carbons (Fsp3) is 0.208. The zero-order valence-electron chi connectivity index (χ0n) is 16.6. The topological polar surface area (TPSA) is 36.8 Å². The molecule has 0 bridgehead atoms. The number of carbonyl (C=O) groups is 1. The minimum absolute atomic E-state index is 0.118. The van der Waals surface area contributed by atoms with Gasteiger partial charge in [-0.1, -0.05) is 30.3 Å². The summed E-state index contributed by atoms with van der Waals surface area (Å²) in [5, 5.41) is 2.94. The van der Waals surface area contributed by atoms with Crippen LogP contribution in [0.1, 0.15) is 15.9 Å². The van der Waals surface area contributed by atoms with Crippen LogP contribution in [0.25, 0.3) is 0 Å². The largest absolute Gasteiger partial charge is 0.360 e. The summed E-state index contributed by atoms with van der Waals surface area (Å²) in [7, 11) is 0. The van der Waals surface area contributed by atoms with E-state index in [1.54, 1.807) is 12.1 Å². The maximum atomic E-state index is 13.9. The number of nitrogens with one attached hydrogen (secondary N) is 2. The summed E-state index contributed by atoms with van der Waals surface area (Å²) < 4.78 is 14.7. The molecule has 3 aromatic rings. The Bertz CT molecular complexity index is 1020. The van der Waals surface area contributed by atoms with E-state index in [0.717, 1.165) is 54.1 Å². The lowest BCUT2D eigenvalue weighted by Gasteiger charge is -2.33. The molecule has 1 aliphatic rings. The van der Waals surface area contributed by atoms with E-state index >= 15 is 0 Å². The molecule has 1 amide bonds. The normalized spacial score (nSPS) is 14.5. The number of hydrogen-bond donors (Lipinski definition) is 2. The molecule has 3 aromatic carbocycles. The number of nitrogens with zero attached hydrogens (tertiary/aromatic N) is 1. The van der Waals surface area contributed by atoms with Gasteiger partial charge in [-0.25, -0.2) is 4.39 Å². The number of halogens is 2. The van der Waals surface area contributed by atoms with E-state index in [-0.39, 0.29) is 11.7 Å². The van der Waals surface area contributed by atoms with E-state index in [0.29, 0.717) is 5.56 Å². The fourth-order valence-corrected chi connectivity index (χ4v) is 4.23. The number of anilines is 2. The number of piperazine rings is 1. The van der Waals surface area contributed by atoms with Gasteiger partial charge in [-0.15, -0.1) is 0 Å². The predicted molar refractivity (Wildman–Crippen MR) is 122 cm³/mol. The van der Waals surface area contributed by atoms with Crippen molar-refractivity contribution in [1.29, 1.82) is 0 Å². The highest BCUT2D eigenvalue weighted by Gasteiger charge is 2.21. The SMILES string of the molecule is O=C(Nc1ccc(N2CC[NH+](Cc3ccccc3F)CC2)cc1)c1ccccc1Br. The third-order valence-corrected chi connectivity index (χ3v) is 6.17. The first kappa shape index (κ1) is 20.6. The van der Waals surface area contributed by atoms with Gasteiger partial charge < -0.3 is 15.1 Å². The van der Waals surface area contributed by atoms with Gasteiger partial charge >= 0.3 is 0 Å². The second-order valence-corrected chi connectivity index (χ2v) is 8.34. The predicted octanol–water partition coefficient (Wildman–Crippen LogP) is 3.75. The summed E-state index contributed by atoms with van der Waals surface area (Å²) in [6.45, 7) is 4.50. The average molecular weight is 469 g/mol. The average Bonchev–Trinajstić information content (AvgIpc) is 2.77. The molecular formula is C24H24BrFN3O+. The minimum atomic E-state index is -0.138. The highest BCUT2D eigenvalue weighted by atomic mass is 79.9. The van der Waals surface area contributed by atoms with Gasteiger partial charge in [-0.3, -0.25) is 4.79 Å². The van der Waals surface area contributed by atoms with E-state index in [4.69, 9.17) is 0 Å². The first-order chi connectivity index (χ1) is 14.6. The molecule has 0 spiro atoms. The van der Waals surface area contributed by atoms with Crippen LogP contribution in [0.2, 0.25) is 0 Å². The van der Waals surface area contributed by atoms with Gasteiger partial charge in [-0.05, 0) is 58.4 Å². The third-order valence-electron chi connectivity index (χ3n) is 5.48. The molecule has 0 aliphatic carbocycles. The molecule has 6 heteroatoms. The van der Waals surface area contributed by atoms with Gasteiger partial charge in [0.1, 0.15) is 12.4 Å². The number of amides is 1. The van der Waals surface area contributed by atoms with Crippen molar-refractivity contribution in [3.05, 3.63) is 94.2 Å². The van der Waals surface area contributed by atoms with Crippen LogP contribution in [0.5, 0.6) is 0 Å². The van der Waals surface area contributed by atoms with E-state index in [1.165, 1.54) is 11.0 Å². The van der Waals surface area contributed by atoms with Crippen LogP contribution < -0.4 is 15.1 Å². The number of hydrogen-bond acceptors (Lipinski definition) is 2. The van der Waals surface area contributed by atoms with Gasteiger partial charge in [0.2, 0.25) is 0 Å². The third kappa shape index (κ3) is 4.89. The summed E-state index contributed by atoms with van der Waals surface area (Å²) in [6, 6.07) is 22.3. The molecule has 0 atom stereocenters. The number of benzene rings is 3. The summed E-state index contributed by atoms with van der Waals surface area (Å²) in [5.74, 6) is -0.256. The number of rotatable bonds is 5. The Morgan fingerprint density at radius 2 is 1.63 bits per heavy atom. The van der Waals surface area contributed by atoms with Crippen molar-refractivity contribution in [2.45, 2.75) is 6.54 Å². The smallest absolute Gasteiger partial charge is 0.256 e. The molecule has 154 valence electrons. The molecule has 0 unspecified atom stereocenters. The van der Waals surface area contributed by atoms with Crippen molar-refractivity contribution in [1.82, 2.24) is 0 Å². The molecule has 4 rings (SSSR count). The maximum Gasteiger partial charge on any atom is 0.256 e. The van der Waals surface area contributed by atoms with Crippen molar-refractivity contribution < 1.29 is 14.1 Å². The van der Waals surface area contributed by atoms with E-state index in [2.05, 4.69) is 26.1 Å². The lowest BCUT2D eigenvalue weighted by atomic mass is 10.1. The number of carbonyl (C=O) groups excluding carboxylic acids is 1. The van der Waals surface area contributed by atoms with Crippen molar-refractivity contribution in [2.75, 3.05) is 36.4 Å². The van der Waals surface area contributed by atoms with E-state index in [1.807, 2.05) is 54.6 Å². The monoisotopic (exact) mass is 468 g/mol. The molecule has 1 aliphatic heterocycles. The molecule has 0 radical (unpaired) electrons. The molecule has 1 saturated heterocycles. The van der Waals surface area contributed by atoms with E-state index in [9.17, 15) is 9.18 Å². The van der Waals surface area contributed by atoms with Crippen molar-refractivity contribution in [2.24, 2.45) is 0 Å². The Morgan fingerprint density at radius 1 is 0.967 bits per heavy atom. The van der Waals surface area contributed by atoms with Crippen molar-refractivity contribution >= 4 is 33.2 Å². The number of quaternary nitrogens is 1. The Kier molecular flexibility index (Phi) is 6.45. The van der Waals surface area contributed by atoms with Gasteiger partial charge in [0, 0.05) is 21.4 Å². The summed E-state index contributed by atoms with van der Waals surface area (Å²) in [5.41, 5.74) is 3.30. The zero-order chi connectivity index (χ0) is 20.9. The molecule has 1 heterocycles. The Labute approximate surface area is 184 Å². The van der Waals surface area contributed by atoms with Crippen LogP contribution in [0.4, 0.5) is 15.8 Å². The summed E-state index contributed by atoms with van der Waals surface area (Å²) in [6.07, 6.45) is 0. The zero-order valence-corrected chi connectivity index (χ0v) is 18.2. The highest BCUT2D eigenvalue weighted by molar-refractivity contribution is 9.10. The first-order valence-corrected chi connectivity index (χ1v) is 10.9.